The van der Waals surface area contributed by atoms with Crippen LogP contribution in [0.15, 0.2) is 46.0 Å². The summed E-state index contributed by atoms with van der Waals surface area (Å²) in [5, 5.41) is 9.51. The van der Waals surface area contributed by atoms with Crippen LogP contribution in [0.2, 0.25) is 0 Å². The highest BCUT2D eigenvalue weighted by atomic mass is 32.2. The molecular formula is C21H20FN5O3S3. The van der Waals surface area contributed by atoms with Crippen molar-refractivity contribution in [3.8, 4) is 5.13 Å². The van der Waals surface area contributed by atoms with Crippen LogP contribution in [-0.2, 0) is 14.8 Å². The maximum atomic E-state index is 14.1. The van der Waals surface area contributed by atoms with E-state index in [4.69, 9.17) is 0 Å². The number of piperidine rings is 1. The van der Waals surface area contributed by atoms with Gasteiger partial charge in [0.25, 0.3) is 10.0 Å². The number of fused-ring (bicyclic) bond motifs is 1. The molecule has 5 rings (SSSR count). The Labute approximate surface area is 197 Å². The van der Waals surface area contributed by atoms with Gasteiger partial charge in [0.15, 0.2) is 0 Å². The maximum absolute atomic E-state index is 14.1. The Kier molecular flexibility index (Phi) is 5.77. The molecule has 4 heterocycles. The fourth-order valence-electron chi connectivity index (χ4n) is 3.85. The summed E-state index contributed by atoms with van der Waals surface area (Å²) in [6.45, 7) is 2.37. The number of nitrogens with zero attached hydrogens (tertiary/aromatic N) is 4. The summed E-state index contributed by atoms with van der Waals surface area (Å²) in [6.07, 6.45) is 0.853. The van der Waals surface area contributed by atoms with Crippen LogP contribution in [0.5, 0.6) is 0 Å². The van der Waals surface area contributed by atoms with Crippen molar-refractivity contribution in [2.24, 2.45) is 5.92 Å². The number of benzene rings is 1. The zero-order chi connectivity index (χ0) is 23.2. The molecule has 0 aliphatic carbocycles. The lowest BCUT2D eigenvalue weighted by atomic mass is 9.97. The largest absolute Gasteiger partial charge is 0.310 e. The first-order valence-corrected chi connectivity index (χ1v) is 13.4. The van der Waals surface area contributed by atoms with Gasteiger partial charge in [0.1, 0.15) is 21.4 Å². The Bertz CT molecular complexity index is 1420. The molecule has 4 aromatic rings. The van der Waals surface area contributed by atoms with Crippen LogP contribution in [0.25, 0.3) is 15.3 Å². The first-order chi connectivity index (χ1) is 15.8. The third-order valence-electron chi connectivity index (χ3n) is 5.54. The smallest absolute Gasteiger partial charge is 0.252 e. The van der Waals surface area contributed by atoms with E-state index in [1.165, 1.54) is 37.7 Å². The van der Waals surface area contributed by atoms with Crippen molar-refractivity contribution in [2.75, 3.05) is 18.4 Å². The molecule has 0 saturated carbocycles. The van der Waals surface area contributed by atoms with Gasteiger partial charge in [-0.1, -0.05) is 23.5 Å². The topological polar surface area (TPSA) is 97.2 Å². The van der Waals surface area contributed by atoms with Gasteiger partial charge in [-0.25, -0.2) is 17.8 Å². The Morgan fingerprint density at radius 1 is 1.21 bits per heavy atom. The first kappa shape index (κ1) is 22.1. The van der Waals surface area contributed by atoms with Gasteiger partial charge in [0.05, 0.1) is 10.4 Å². The third-order valence-corrected chi connectivity index (χ3v) is 9.80. The second-order valence-corrected chi connectivity index (χ2v) is 11.9. The quantitative estimate of drug-likeness (QED) is 0.442. The van der Waals surface area contributed by atoms with E-state index in [0.29, 0.717) is 38.4 Å². The summed E-state index contributed by atoms with van der Waals surface area (Å²) in [5.74, 6) is -0.479. The number of hydrogen-bond donors (Lipinski definition) is 1. The molecule has 172 valence electrons. The van der Waals surface area contributed by atoms with Gasteiger partial charge in [0.2, 0.25) is 11.0 Å². The van der Waals surface area contributed by atoms with E-state index in [1.54, 1.807) is 42.6 Å². The molecule has 33 heavy (non-hydrogen) atoms. The van der Waals surface area contributed by atoms with Crippen molar-refractivity contribution >= 4 is 54.6 Å². The number of aryl methyl sites for hydroxylation is 1. The summed E-state index contributed by atoms with van der Waals surface area (Å²) in [4.78, 5) is 17.3. The van der Waals surface area contributed by atoms with E-state index in [1.807, 2.05) is 0 Å². The van der Waals surface area contributed by atoms with Crippen LogP contribution >= 0.6 is 22.7 Å². The Balaban J connectivity index is 1.31. The number of aromatic nitrogens is 3. The number of thiophene rings is 1. The lowest BCUT2D eigenvalue weighted by molar-refractivity contribution is -0.120. The minimum Gasteiger partial charge on any atom is -0.310 e. The van der Waals surface area contributed by atoms with E-state index in [2.05, 4.69) is 15.4 Å². The molecule has 1 saturated heterocycles. The molecule has 3 aromatic heterocycles. The van der Waals surface area contributed by atoms with Crippen LogP contribution in [0.1, 0.15) is 18.5 Å². The third kappa shape index (κ3) is 4.19. The monoisotopic (exact) mass is 505 g/mol. The number of hydrogen-bond acceptors (Lipinski definition) is 7. The van der Waals surface area contributed by atoms with E-state index < -0.39 is 15.8 Å². The standard InChI is InChI=1S/C21H20FN5O3S3/c1-13-12-17(27(25-13)21-24-19-15(22)4-2-5-16(19)32-21)23-20(28)14-7-9-26(10-8-14)33(29,30)18-6-3-11-31-18/h2-6,11-12,14H,7-10H2,1H3,(H,23,28). The molecule has 1 fully saturated rings. The highest BCUT2D eigenvalue weighted by molar-refractivity contribution is 7.91. The number of carbonyl (C=O) groups excluding carboxylic acids is 1. The van der Waals surface area contributed by atoms with Crippen LogP contribution in [0.3, 0.4) is 0 Å². The summed E-state index contributed by atoms with van der Waals surface area (Å²) in [7, 11) is -3.51. The zero-order valence-electron chi connectivity index (χ0n) is 17.6. The van der Waals surface area contributed by atoms with E-state index in [9.17, 15) is 17.6 Å². The molecule has 1 amide bonds. The number of carbonyl (C=O) groups is 1. The number of amides is 1. The molecule has 0 bridgehead atoms. The highest BCUT2D eigenvalue weighted by Gasteiger charge is 2.33. The number of thiazole rings is 1. The molecule has 1 aromatic carbocycles. The normalized spacial score (nSPS) is 15.8. The second-order valence-electron chi connectivity index (χ2n) is 7.77. The molecule has 12 heteroatoms. The fourth-order valence-corrected chi connectivity index (χ4v) is 7.41. The number of halogens is 1. The van der Waals surface area contributed by atoms with Gasteiger partial charge in [-0.05, 0) is 43.3 Å². The van der Waals surface area contributed by atoms with Crippen LogP contribution in [-0.4, -0.2) is 46.5 Å². The molecule has 0 spiro atoms. The lowest BCUT2D eigenvalue weighted by Crippen LogP contribution is -2.41. The molecule has 1 N–H and O–H groups in total. The summed E-state index contributed by atoms with van der Waals surface area (Å²) >= 11 is 2.47. The van der Waals surface area contributed by atoms with Gasteiger partial charge in [-0.3, -0.25) is 4.79 Å². The van der Waals surface area contributed by atoms with Gasteiger partial charge in [0, 0.05) is 25.1 Å². The number of sulfonamides is 1. The maximum Gasteiger partial charge on any atom is 0.252 e. The predicted molar refractivity (Wildman–Crippen MR) is 126 cm³/mol. The Hall–Kier alpha value is -2.67. The van der Waals surface area contributed by atoms with Gasteiger partial charge in [-0.2, -0.15) is 14.1 Å². The Morgan fingerprint density at radius 2 is 2.00 bits per heavy atom. The molecule has 1 aliphatic rings. The average molecular weight is 506 g/mol. The summed E-state index contributed by atoms with van der Waals surface area (Å²) in [6, 6.07) is 9.80. The fraction of sp³-hybridized carbons (Fsp3) is 0.286. The summed E-state index contributed by atoms with van der Waals surface area (Å²) < 4.78 is 43.4. The van der Waals surface area contributed by atoms with Crippen molar-refractivity contribution in [1.29, 1.82) is 0 Å². The molecule has 0 unspecified atom stereocenters. The van der Waals surface area contributed by atoms with Crippen molar-refractivity contribution in [2.45, 2.75) is 24.0 Å². The molecular weight excluding hydrogens is 485 g/mol. The van der Waals surface area contributed by atoms with Crippen LogP contribution in [0.4, 0.5) is 10.2 Å². The van der Waals surface area contributed by atoms with Gasteiger partial charge < -0.3 is 5.32 Å². The van der Waals surface area contributed by atoms with Crippen molar-refractivity contribution in [3.05, 3.63) is 53.3 Å². The Morgan fingerprint density at radius 3 is 2.70 bits per heavy atom. The molecule has 1 aliphatic heterocycles. The van der Waals surface area contributed by atoms with E-state index in [0.717, 1.165) is 0 Å². The number of rotatable bonds is 5. The minimum absolute atomic E-state index is 0.198. The van der Waals surface area contributed by atoms with Crippen LogP contribution < -0.4 is 5.32 Å². The molecule has 8 nitrogen and oxygen atoms in total. The lowest BCUT2D eigenvalue weighted by Gasteiger charge is -2.30. The van der Waals surface area contributed by atoms with Crippen molar-refractivity contribution in [1.82, 2.24) is 19.1 Å². The summed E-state index contributed by atoms with van der Waals surface area (Å²) in [5.41, 5.74) is 0.948. The van der Waals surface area contributed by atoms with Crippen LogP contribution in [0, 0.1) is 18.7 Å². The predicted octanol–water partition coefficient (Wildman–Crippen LogP) is 4.03. The van der Waals surface area contributed by atoms with Gasteiger partial charge >= 0.3 is 0 Å². The highest BCUT2D eigenvalue weighted by Crippen LogP contribution is 2.30. The van der Waals surface area contributed by atoms with Gasteiger partial charge in [-0.15, -0.1) is 11.3 Å². The number of para-hydroxylation sites is 1. The van der Waals surface area contributed by atoms with E-state index >= 15 is 0 Å². The van der Waals surface area contributed by atoms with E-state index in [-0.39, 0.29) is 30.4 Å². The average Bonchev–Trinajstić information content (AvgIpc) is 3.54. The van der Waals surface area contributed by atoms with Crippen molar-refractivity contribution < 1.29 is 17.6 Å². The minimum atomic E-state index is -3.51. The molecule has 0 atom stereocenters. The number of nitrogens with one attached hydrogen (secondary N) is 1. The first-order valence-electron chi connectivity index (χ1n) is 10.3. The number of anilines is 1. The second kappa shape index (κ2) is 8.60. The molecule has 0 radical (unpaired) electrons. The van der Waals surface area contributed by atoms with Crippen molar-refractivity contribution in [3.63, 3.8) is 0 Å². The SMILES string of the molecule is Cc1cc(NC(=O)C2CCN(S(=O)(=O)c3cccs3)CC2)n(-c2nc3c(F)cccc3s2)n1. The zero-order valence-corrected chi connectivity index (χ0v) is 20.0.